The number of carbonyl (C=O) groups is 1. The molecule has 2 aromatic heterocycles. The van der Waals surface area contributed by atoms with Crippen LogP contribution in [-0.2, 0) is 11.3 Å². The summed E-state index contributed by atoms with van der Waals surface area (Å²) in [6, 6.07) is 6.31. The van der Waals surface area contributed by atoms with Crippen LogP contribution in [0.2, 0.25) is 0 Å². The van der Waals surface area contributed by atoms with Crippen LogP contribution in [0.4, 0.5) is 4.79 Å². The molecule has 9 nitrogen and oxygen atoms in total. The lowest BCUT2D eigenvalue weighted by molar-refractivity contribution is 0.0963. The molecular formula is C22H34IN7O2. The van der Waals surface area contributed by atoms with Gasteiger partial charge in [-0.3, -0.25) is 0 Å². The third-order valence-electron chi connectivity index (χ3n) is 5.16. The van der Waals surface area contributed by atoms with Crippen molar-refractivity contribution in [1.29, 1.82) is 0 Å². The molecule has 0 aromatic carbocycles. The number of nitrogens with one attached hydrogen (secondary N) is 2. The Bertz CT molecular complexity index is 890. The maximum absolute atomic E-state index is 11.9. The predicted octanol–water partition coefficient (Wildman–Crippen LogP) is 3.18. The maximum atomic E-state index is 11.9. The molecule has 32 heavy (non-hydrogen) atoms. The molecule has 0 radical (unpaired) electrons. The topological polar surface area (TPSA) is 96.7 Å². The van der Waals surface area contributed by atoms with Crippen molar-refractivity contribution in [2.24, 2.45) is 4.99 Å². The van der Waals surface area contributed by atoms with E-state index in [0.29, 0.717) is 26.2 Å². The SMILES string of the molecule is CCNC(=NCc1ccc(-n2nc(C)cc2C)nc1)NC1CCN(C(=O)OCC)CC1.I. The quantitative estimate of drug-likeness (QED) is 0.323. The minimum absolute atomic E-state index is 0. The number of hydrogen-bond acceptors (Lipinski definition) is 5. The van der Waals surface area contributed by atoms with E-state index in [4.69, 9.17) is 9.73 Å². The number of amides is 1. The Morgan fingerprint density at radius 1 is 1.25 bits per heavy atom. The zero-order valence-electron chi connectivity index (χ0n) is 19.3. The molecule has 0 spiro atoms. The first-order valence-corrected chi connectivity index (χ1v) is 10.9. The lowest BCUT2D eigenvalue weighted by Crippen LogP contribution is -2.49. The van der Waals surface area contributed by atoms with Gasteiger partial charge >= 0.3 is 6.09 Å². The van der Waals surface area contributed by atoms with Gasteiger partial charge in [-0.15, -0.1) is 24.0 Å². The number of pyridine rings is 1. The predicted molar refractivity (Wildman–Crippen MR) is 136 cm³/mol. The highest BCUT2D eigenvalue weighted by Gasteiger charge is 2.24. The Balaban J connectivity index is 0.00000363. The number of guanidine groups is 1. The van der Waals surface area contributed by atoms with Crippen molar-refractivity contribution in [2.75, 3.05) is 26.2 Å². The summed E-state index contributed by atoms with van der Waals surface area (Å²) < 4.78 is 6.93. The first-order chi connectivity index (χ1) is 15.0. The van der Waals surface area contributed by atoms with Crippen LogP contribution in [0.15, 0.2) is 29.4 Å². The molecule has 1 saturated heterocycles. The van der Waals surface area contributed by atoms with Crippen LogP contribution in [0.1, 0.15) is 43.6 Å². The van der Waals surface area contributed by atoms with Gasteiger partial charge < -0.3 is 20.3 Å². The van der Waals surface area contributed by atoms with Crippen LogP contribution in [0.25, 0.3) is 5.82 Å². The fourth-order valence-electron chi connectivity index (χ4n) is 3.60. The summed E-state index contributed by atoms with van der Waals surface area (Å²) in [5.74, 6) is 1.58. The van der Waals surface area contributed by atoms with Crippen molar-refractivity contribution < 1.29 is 9.53 Å². The Labute approximate surface area is 207 Å². The van der Waals surface area contributed by atoms with Crippen molar-refractivity contribution in [1.82, 2.24) is 30.3 Å². The van der Waals surface area contributed by atoms with Gasteiger partial charge in [-0.1, -0.05) is 6.07 Å². The number of likely N-dealkylation sites (tertiary alicyclic amines) is 1. The first kappa shape index (κ1) is 25.9. The smallest absolute Gasteiger partial charge is 0.409 e. The number of aryl methyl sites for hydroxylation is 2. The third kappa shape index (κ3) is 7.07. The molecule has 1 amide bonds. The highest BCUT2D eigenvalue weighted by molar-refractivity contribution is 14.0. The lowest BCUT2D eigenvalue weighted by Gasteiger charge is -2.32. The minimum atomic E-state index is -0.224. The molecule has 176 valence electrons. The third-order valence-corrected chi connectivity index (χ3v) is 5.16. The number of hydrogen-bond donors (Lipinski definition) is 2. The largest absolute Gasteiger partial charge is 0.450 e. The van der Waals surface area contributed by atoms with Crippen LogP contribution >= 0.6 is 24.0 Å². The number of carbonyl (C=O) groups excluding carboxylic acids is 1. The highest BCUT2D eigenvalue weighted by atomic mass is 127. The number of piperidine rings is 1. The molecule has 1 fully saturated rings. The monoisotopic (exact) mass is 555 g/mol. The maximum Gasteiger partial charge on any atom is 0.409 e. The second-order valence-electron chi connectivity index (χ2n) is 7.66. The van der Waals surface area contributed by atoms with Crippen LogP contribution in [0, 0.1) is 13.8 Å². The van der Waals surface area contributed by atoms with Crippen molar-refractivity contribution in [2.45, 2.75) is 53.1 Å². The zero-order chi connectivity index (χ0) is 22.2. The van der Waals surface area contributed by atoms with Crippen molar-refractivity contribution in [3.05, 3.63) is 41.3 Å². The molecule has 2 aromatic rings. The summed E-state index contributed by atoms with van der Waals surface area (Å²) in [4.78, 5) is 22.9. The summed E-state index contributed by atoms with van der Waals surface area (Å²) >= 11 is 0. The molecular weight excluding hydrogens is 521 g/mol. The van der Waals surface area contributed by atoms with E-state index >= 15 is 0 Å². The molecule has 2 N–H and O–H groups in total. The molecule has 10 heteroatoms. The van der Waals surface area contributed by atoms with E-state index in [2.05, 4.69) is 20.7 Å². The van der Waals surface area contributed by atoms with E-state index in [1.54, 1.807) is 4.90 Å². The molecule has 0 unspecified atom stereocenters. The van der Waals surface area contributed by atoms with Crippen molar-refractivity contribution in [3.63, 3.8) is 0 Å². The zero-order valence-corrected chi connectivity index (χ0v) is 21.6. The summed E-state index contributed by atoms with van der Waals surface area (Å²) in [6.45, 7) is 11.0. The molecule has 3 rings (SSSR count). The van der Waals surface area contributed by atoms with Gasteiger partial charge in [0.15, 0.2) is 11.8 Å². The number of aliphatic imine (C=N–C) groups is 1. The minimum Gasteiger partial charge on any atom is -0.450 e. The van der Waals surface area contributed by atoms with E-state index < -0.39 is 0 Å². The Morgan fingerprint density at radius 2 is 2.00 bits per heavy atom. The van der Waals surface area contributed by atoms with Gasteiger partial charge in [-0.05, 0) is 58.2 Å². The summed E-state index contributed by atoms with van der Waals surface area (Å²) in [5, 5.41) is 11.3. The van der Waals surface area contributed by atoms with Gasteiger partial charge in [0.2, 0.25) is 0 Å². The number of halogens is 1. The van der Waals surface area contributed by atoms with Gasteiger partial charge in [0.25, 0.3) is 0 Å². The molecule has 1 aliphatic heterocycles. The first-order valence-electron chi connectivity index (χ1n) is 10.9. The van der Waals surface area contributed by atoms with Gasteiger partial charge in [0.1, 0.15) is 0 Å². The lowest BCUT2D eigenvalue weighted by atomic mass is 10.1. The van der Waals surface area contributed by atoms with Gasteiger partial charge in [-0.25, -0.2) is 19.5 Å². The standard InChI is InChI=1S/C22H33N7O2.HI/c1-5-23-21(26-19-9-11-28(12-10-19)22(30)31-6-2)25-15-18-7-8-20(24-14-18)29-17(4)13-16(3)27-29;/h7-8,13-14,19H,5-6,9-12,15H2,1-4H3,(H2,23,25,26);1H. The van der Waals surface area contributed by atoms with E-state index in [9.17, 15) is 4.79 Å². The van der Waals surface area contributed by atoms with E-state index in [-0.39, 0.29) is 36.1 Å². The molecule has 3 heterocycles. The van der Waals surface area contributed by atoms with Crippen LogP contribution in [0.3, 0.4) is 0 Å². The average molecular weight is 555 g/mol. The highest BCUT2D eigenvalue weighted by Crippen LogP contribution is 2.13. The van der Waals surface area contributed by atoms with Crippen LogP contribution < -0.4 is 10.6 Å². The fraction of sp³-hybridized carbons (Fsp3) is 0.545. The second kappa shape index (κ2) is 12.6. The summed E-state index contributed by atoms with van der Waals surface area (Å²) in [7, 11) is 0. The average Bonchev–Trinajstić information content (AvgIpc) is 3.11. The summed E-state index contributed by atoms with van der Waals surface area (Å²) in [6.07, 6.45) is 3.35. The molecule has 0 saturated carbocycles. The molecule has 0 atom stereocenters. The van der Waals surface area contributed by atoms with Crippen molar-refractivity contribution >= 4 is 36.0 Å². The number of ether oxygens (including phenoxy) is 1. The van der Waals surface area contributed by atoms with E-state index in [1.807, 2.05) is 56.8 Å². The number of nitrogens with zero attached hydrogens (tertiary/aromatic N) is 5. The Morgan fingerprint density at radius 3 is 2.56 bits per heavy atom. The van der Waals surface area contributed by atoms with Crippen LogP contribution in [0.5, 0.6) is 0 Å². The Hall–Kier alpha value is -2.37. The Kier molecular flexibility index (Phi) is 10.2. The normalized spacial score (nSPS) is 14.6. The summed E-state index contributed by atoms with van der Waals surface area (Å²) in [5.41, 5.74) is 3.06. The van der Waals surface area contributed by atoms with E-state index in [0.717, 1.165) is 48.1 Å². The van der Waals surface area contributed by atoms with Gasteiger partial charge in [0, 0.05) is 37.6 Å². The molecule has 1 aliphatic rings. The molecule has 0 bridgehead atoms. The fourth-order valence-corrected chi connectivity index (χ4v) is 3.60. The number of rotatable bonds is 6. The van der Waals surface area contributed by atoms with Crippen LogP contribution in [-0.4, -0.2) is 64.0 Å². The number of aromatic nitrogens is 3. The molecule has 0 aliphatic carbocycles. The van der Waals surface area contributed by atoms with E-state index in [1.165, 1.54) is 0 Å². The second-order valence-corrected chi connectivity index (χ2v) is 7.66. The van der Waals surface area contributed by atoms with Crippen molar-refractivity contribution in [3.8, 4) is 5.82 Å². The van der Waals surface area contributed by atoms with Gasteiger partial charge in [-0.2, -0.15) is 5.10 Å². The van der Waals surface area contributed by atoms with Gasteiger partial charge in [0.05, 0.1) is 18.8 Å².